The number of carbonyl (C=O) groups excluding carboxylic acids is 1. The van der Waals surface area contributed by atoms with Crippen LogP contribution in [0.1, 0.15) is 103 Å². The summed E-state index contributed by atoms with van der Waals surface area (Å²) in [6, 6.07) is 5.16. The number of rotatable bonds is 7. The van der Waals surface area contributed by atoms with Crippen LogP contribution in [0.15, 0.2) is 27.4 Å². The molecule has 0 bridgehead atoms. The first kappa shape index (κ1) is 30.4. The molecule has 6 rings (SSSR count). The fourth-order valence-corrected chi connectivity index (χ4v) is 10.8. The van der Waals surface area contributed by atoms with E-state index >= 15 is 0 Å². The standard InChI is InChI=1S/C36H49NO6/c1-20(8-15-32(39)37-23-10-12-24-21(2)26(18-33(40)41)34(42)43-30(24)17-23)27-13-14-28-25-11-9-22-7-5-6-16-35(22,3)29(25)19-31(38)36(27,28)4/h10,12,17,20,22,25,27-29,31,38H,5-9,11,13-16,18-19H2,1-4H3,(H,37,39)(H,40,41)/t20-,22+,25?,27-,28+,29?,31+,35+,36-/m1/s1. The Morgan fingerprint density at radius 3 is 2.65 bits per heavy atom. The van der Waals surface area contributed by atoms with Crippen molar-refractivity contribution in [3.05, 3.63) is 39.7 Å². The maximum Gasteiger partial charge on any atom is 0.340 e. The van der Waals surface area contributed by atoms with E-state index in [-0.39, 0.29) is 29.4 Å². The van der Waals surface area contributed by atoms with Crippen molar-refractivity contribution < 1.29 is 24.2 Å². The number of aliphatic hydroxyl groups is 1. The van der Waals surface area contributed by atoms with Gasteiger partial charge in [0.1, 0.15) is 5.58 Å². The van der Waals surface area contributed by atoms with Gasteiger partial charge in [0.2, 0.25) is 5.91 Å². The molecule has 7 heteroatoms. The fourth-order valence-electron chi connectivity index (χ4n) is 10.8. The normalized spacial score (nSPS) is 35.9. The third kappa shape index (κ3) is 5.13. The molecule has 7 nitrogen and oxygen atoms in total. The molecule has 1 aromatic heterocycles. The van der Waals surface area contributed by atoms with Gasteiger partial charge in [-0.05, 0) is 122 Å². The number of aliphatic carboxylic acids is 1. The zero-order valence-electron chi connectivity index (χ0n) is 26.3. The van der Waals surface area contributed by atoms with E-state index in [4.69, 9.17) is 9.52 Å². The molecule has 4 aliphatic carbocycles. The summed E-state index contributed by atoms with van der Waals surface area (Å²) in [6.07, 6.45) is 11.9. The van der Waals surface area contributed by atoms with Gasteiger partial charge < -0.3 is 19.9 Å². The van der Waals surface area contributed by atoms with Crippen LogP contribution in [0.2, 0.25) is 0 Å². The SMILES string of the molecule is Cc1c(CC(=O)O)c(=O)oc2cc(NC(=O)CC[C@@H](C)[C@H]3CC[C@H]4C5CC[C@@H]6CCCC[C@]6(C)C5C[C@H](O)[C@]34C)ccc12. The fraction of sp³-hybridized carbons (Fsp3) is 0.694. The van der Waals surface area contributed by atoms with Crippen molar-refractivity contribution in [3.63, 3.8) is 0 Å². The highest BCUT2D eigenvalue weighted by Gasteiger charge is 2.63. The number of aryl methyl sites for hydroxylation is 1. The van der Waals surface area contributed by atoms with Crippen molar-refractivity contribution in [2.24, 2.45) is 46.3 Å². The molecule has 0 saturated heterocycles. The van der Waals surface area contributed by atoms with Gasteiger partial charge in [-0.15, -0.1) is 0 Å². The Morgan fingerprint density at radius 1 is 1.09 bits per heavy atom. The van der Waals surface area contributed by atoms with Crippen molar-refractivity contribution in [1.29, 1.82) is 0 Å². The molecule has 1 heterocycles. The van der Waals surface area contributed by atoms with Crippen LogP contribution in [-0.4, -0.2) is 28.2 Å². The molecule has 9 atom stereocenters. The molecule has 0 radical (unpaired) electrons. The molecule has 0 spiro atoms. The van der Waals surface area contributed by atoms with Crippen molar-refractivity contribution in [2.45, 2.75) is 111 Å². The monoisotopic (exact) mass is 591 g/mol. The third-order valence-corrected chi connectivity index (χ3v) is 13.2. The first-order valence-electron chi connectivity index (χ1n) is 16.7. The highest BCUT2D eigenvalue weighted by atomic mass is 16.4. The van der Waals surface area contributed by atoms with Crippen LogP contribution in [-0.2, 0) is 16.0 Å². The van der Waals surface area contributed by atoms with Gasteiger partial charge in [-0.3, -0.25) is 9.59 Å². The summed E-state index contributed by atoms with van der Waals surface area (Å²) in [5.74, 6) is 2.37. The molecular weight excluding hydrogens is 542 g/mol. The summed E-state index contributed by atoms with van der Waals surface area (Å²) in [5.41, 5.74) is 1.26. The highest BCUT2D eigenvalue weighted by molar-refractivity contribution is 5.94. The first-order valence-corrected chi connectivity index (χ1v) is 16.7. The molecule has 4 aliphatic rings. The quantitative estimate of drug-likeness (QED) is 0.296. The number of hydrogen-bond acceptors (Lipinski definition) is 5. The van der Waals surface area contributed by atoms with E-state index in [0.29, 0.717) is 57.7 Å². The van der Waals surface area contributed by atoms with Crippen LogP contribution in [0.5, 0.6) is 0 Å². The molecule has 4 saturated carbocycles. The maximum atomic E-state index is 13.0. The van der Waals surface area contributed by atoms with Crippen molar-refractivity contribution >= 4 is 28.5 Å². The number of hydrogen-bond donors (Lipinski definition) is 3. The average Bonchev–Trinajstić information content (AvgIpc) is 3.33. The predicted octanol–water partition coefficient (Wildman–Crippen LogP) is 7.10. The summed E-state index contributed by atoms with van der Waals surface area (Å²) >= 11 is 0. The number of carboxylic acids is 1. The second-order valence-corrected chi connectivity index (χ2v) is 15.0. The predicted molar refractivity (Wildman–Crippen MR) is 167 cm³/mol. The highest BCUT2D eigenvalue weighted by Crippen LogP contribution is 2.68. The molecule has 4 fully saturated rings. The number of benzene rings is 1. The lowest BCUT2D eigenvalue weighted by Crippen LogP contribution is -2.58. The van der Waals surface area contributed by atoms with E-state index < -0.39 is 11.6 Å². The van der Waals surface area contributed by atoms with Gasteiger partial charge in [-0.25, -0.2) is 4.79 Å². The zero-order valence-corrected chi connectivity index (χ0v) is 26.3. The Bertz CT molecular complexity index is 1460. The summed E-state index contributed by atoms with van der Waals surface area (Å²) in [4.78, 5) is 36.6. The lowest BCUT2D eigenvalue weighted by atomic mass is 9.44. The van der Waals surface area contributed by atoms with Crippen LogP contribution >= 0.6 is 0 Å². The molecule has 0 aliphatic heterocycles. The third-order valence-electron chi connectivity index (χ3n) is 13.2. The molecule has 3 N–H and O–H groups in total. The lowest BCUT2D eigenvalue weighted by Gasteiger charge is -2.62. The number of carboxylic acid groups (broad SMARTS) is 1. The minimum atomic E-state index is -1.09. The summed E-state index contributed by atoms with van der Waals surface area (Å²) < 4.78 is 5.41. The largest absolute Gasteiger partial charge is 0.481 e. The van der Waals surface area contributed by atoms with Gasteiger partial charge in [0.25, 0.3) is 0 Å². The number of anilines is 1. The van der Waals surface area contributed by atoms with Crippen LogP contribution in [0.25, 0.3) is 11.0 Å². The summed E-state index contributed by atoms with van der Waals surface area (Å²) in [5, 5.41) is 24.6. The number of fused-ring (bicyclic) bond motifs is 6. The Balaban J connectivity index is 1.10. The minimum Gasteiger partial charge on any atom is -0.481 e. The van der Waals surface area contributed by atoms with Crippen LogP contribution in [0.3, 0.4) is 0 Å². The van der Waals surface area contributed by atoms with Gasteiger partial charge in [0, 0.05) is 23.6 Å². The average molecular weight is 592 g/mol. The molecule has 234 valence electrons. The summed E-state index contributed by atoms with van der Waals surface area (Å²) in [7, 11) is 0. The zero-order chi connectivity index (χ0) is 30.7. The van der Waals surface area contributed by atoms with E-state index in [1.54, 1.807) is 25.1 Å². The van der Waals surface area contributed by atoms with E-state index in [2.05, 4.69) is 26.1 Å². The molecule has 2 aromatic rings. The van der Waals surface area contributed by atoms with Crippen molar-refractivity contribution in [3.8, 4) is 0 Å². The van der Waals surface area contributed by atoms with Crippen LogP contribution in [0, 0.1) is 53.3 Å². The second-order valence-electron chi connectivity index (χ2n) is 15.0. The molecular formula is C36H49NO6. The minimum absolute atomic E-state index is 0.0812. The number of nitrogens with one attached hydrogen (secondary N) is 1. The molecule has 1 amide bonds. The van der Waals surface area contributed by atoms with Crippen LogP contribution < -0.4 is 10.9 Å². The van der Waals surface area contributed by atoms with Gasteiger partial charge in [0.05, 0.1) is 18.1 Å². The van der Waals surface area contributed by atoms with Crippen molar-refractivity contribution in [2.75, 3.05) is 5.32 Å². The van der Waals surface area contributed by atoms with Crippen molar-refractivity contribution in [1.82, 2.24) is 0 Å². The second kappa shape index (κ2) is 11.4. The Hall–Kier alpha value is -2.67. The van der Waals surface area contributed by atoms with E-state index in [1.807, 2.05) is 0 Å². The summed E-state index contributed by atoms with van der Waals surface area (Å²) in [6.45, 7) is 8.91. The van der Waals surface area contributed by atoms with Gasteiger partial charge in [0.15, 0.2) is 0 Å². The molecule has 1 aromatic carbocycles. The molecule has 43 heavy (non-hydrogen) atoms. The number of carbonyl (C=O) groups is 2. The lowest BCUT2D eigenvalue weighted by molar-refractivity contribution is -0.168. The Morgan fingerprint density at radius 2 is 1.88 bits per heavy atom. The van der Waals surface area contributed by atoms with Gasteiger partial charge in [-0.2, -0.15) is 0 Å². The topological polar surface area (TPSA) is 117 Å². The van der Waals surface area contributed by atoms with E-state index in [0.717, 1.165) is 31.1 Å². The smallest absolute Gasteiger partial charge is 0.340 e. The number of amides is 1. The van der Waals surface area contributed by atoms with Crippen LogP contribution in [0.4, 0.5) is 5.69 Å². The van der Waals surface area contributed by atoms with E-state index in [1.165, 1.54) is 44.9 Å². The Labute approximate surface area is 254 Å². The molecule has 2 unspecified atom stereocenters. The first-order chi connectivity index (χ1) is 20.4. The van der Waals surface area contributed by atoms with Gasteiger partial charge in [-0.1, -0.05) is 33.6 Å². The van der Waals surface area contributed by atoms with E-state index in [9.17, 15) is 19.5 Å². The van der Waals surface area contributed by atoms with Gasteiger partial charge >= 0.3 is 11.6 Å². The number of aliphatic hydroxyl groups excluding tert-OH is 1. The maximum absolute atomic E-state index is 13.0. The Kier molecular flexibility index (Phi) is 8.02.